The largest absolute Gasteiger partial charge is 0.339 e. The summed E-state index contributed by atoms with van der Waals surface area (Å²) in [5.74, 6) is 1.32. The van der Waals surface area contributed by atoms with Crippen molar-refractivity contribution in [1.29, 1.82) is 0 Å². The molecule has 0 atom stereocenters. The van der Waals surface area contributed by atoms with E-state index >= 15 is 0 Å². The molecule has 0 aliphatic heterocycles. The summed E-state index contributed by atoms with van der Waals surface area (Å²) in [6, 6.07) is 4.55. The average Bonchev–Trinajstić information content (AvgIpc) is 2.92. The zero-order valence-corrected chi connectivity index (χ0v) is 15.0. The molecular formula is C14H17Cl2N3O3S. The molecule has 9 heteroatoms. The van der Waals surface area contributed by atoms with Crippen LogP contribution in [0.4, 0.5) is 0 Å². The van der Waals surface area contributed by atoms with Crippen molar-refractivity contribution in [2.24, 2.45) is 0 Å². The Hall–Kier alpha value is -1.15. The normalized spacial score (nSPS) is 12.0. The second-order valence-corrected chi connectivity index (χ2v) is 7.77. The van der Waals surface area contributed by atoms with Crippen LogP contribution in [0.25, 0.3) is 0 Å². The van der Waals surface area contributed by atoms with Crippen molar-refractivity contribution in [2.45, 2.75) is 37.5 Å². The van der Waals surface area contributed by atoms with E-state index in [1.165, 1.54) is 12.1 Å². The molecule has 0 bridgehead atoms. The van der Waals surface area contributed by atoms with Gasteiger partial charge in [-0.25, -0.2) is 13.1 Å². The van der Waals surface area contributed by atoms with E-state index in [0.717, 1.165) is 0 Å². The Morgan fingerprint density at radius 1 is 1.26 bits per heavy atom. The summed E-state index contributed by atoms with van der Waals surface area (Å²) in [4.78, 5) is 4.12. The first-order valence-electron chi connectivity index (χ1n) is 7.07. The highest BCUT2D eigenvalue weighted by Gasteiger charge is 2.21. The van der Waals surface area contributed by atoms with E-state index in [9.17, 15) is 8.42 Å². The number of aromatic nitrogens is 2. The summed E-state index contributed by atoms with van der Waals surface area (Å²) in [7, 11) is -3.76. The van der Waals surface area contributed by atoms with Gasteiger partial charge in [0.15, 0.2) is 5.82 Å². The van der Waals surface area contributed by atoms with Gasteiger partial charge in [-0.05, 0) is 18.6 Å². The van der Waals surface area contributed by atoms with Gasteiger partial charge in [-0.1, -0.05) is 48.3 Å². The molecule has 0 spiro atoms. The summed E-state index contributed by atoms with van der Waals surface area (Å²) in [6.07, 6.45) is 1.000. The third-order valence-corrected chi connectivity index (χ3v) is 5.46. The minimum absolute atomic E-state index is 0.0866. The van der Waals surface area contributed by atoms with Crippen molar-refractivity contribution in [3.8, 4) is 0 Å². The molecule has 0 saturated heterocycles. The van der Waals surface area contributed by atoms with Crippen LogP contribution >= 0.6 is 23.2 Å². The molecule has 1 N–H and O–H groups in total. The molecule has 0 fully saturated rings. The van der Waals surface area contributed by atoms with Gasteiger partial charge in [0.05, 0.1) is 10.0 Å². The zero-order chi connectivity index (χ0) is 17.0. The third kappa shape index (κ3) is 4.67. The number of nitrogens with one attached hydrogen (secondary N) is 1. The van der Waals surface area contributed by atoms with Crippen molar-refractivity contribution < 1.29 is 12.9 Å². The SMILES string of the molecule is CC(C)c1noc(CCCNS(=O)(=O)c2c(Cl)cccc2Cl)n1. The molecule has 0 aliphatic carbocycles. The lowest BCUT2D eigenvalue weighted by atomic mass is 10.2. The van der Waals surface area contributed by atoms with E-state index in [1.54, 1.807) is 6.07 Å². The number of rotatable bonds is 7. The second-order valence-electron chi connectivity index (χ2n) is 5.25. The number of sulfonamides is 1. The Balaban J connectivity index is 1.92. The van der Waals surface area contributed by atoms with Crippen molar-refractivity contribution in [3.05, 3.63) is 40.0 Å². The van der Waals surface area contributed by atoms with Crippen LogP contribution in [-0.4, -0.2) is 25.1 Å². The molecule has 2 rings (SSSR count). The highest BCUT2D eigenvalue weighted by atomic mass is 35.5. The van der Waals surface area contributed by atoms with Crippen LogP contribution in [0.15, 0.2) is 27.6 Å². The highest BCUT2D eigenvalue weighted by molar-refractivity contribution is 7.89. The molecule has 6 nitrogen and oxygen atoms in total. The Morgan fingerprint density at radius 3 is 2.48 bits per heavy atom. The molecule has 1 heterocycles. The highest BCUT2D eigenvalue weighted by Crippen LogP contribution is 2.28. The summed E-state index contributed by atoms with van der Waals surface area (Å²) >= 11 is 11.8. The van der Waals surface area contributed by atoms with Gasteiger partial charge in [-0.15, -0.1) is 0 Å². The molecule has 2 aromatic rings. The molecule has 0 unspecified atom stereocenters. The van der Waals surface area contributed by atoms with Gasteiger partial charge < -0.3 is 4.52 Å². The molecule has 0 aliphatic rings. The van der Waals surface area contributed by atoms with Crippen LogP contribution in [0.1, 0.15) is 37.9 Å². The summed E-state index contributed by atoms with van der Waals surface area (Å²) < 4.78 is 32.1. The lowest BCUT2D eigenvalue weighted by Crippen LogP contribution is -2.25. The van der Waals surface area contributed by atoms with Crippen molar-refractivity contribution in [1.82, 2.24) is 14.9 Å². The maximum Gasteiger partial charge on any atom is 0.243 e. The van der Waals surface area contributed by atoms with E-state index in [1.807, 2.05) is 13.8 Å². The van der Waals surface area contributed by atoms with E-state index in [0.29, 0.717) is 24.6 Å². The number of benzene rings is 1. The minimum atomic E-state index is -3.76. The maximum atomic E-state index is 12.2. The first kappa shape index (κ1) is 18.2. The summed E-state index contributed by atoms with van der Waals surface area (Å²) in [6.45, 7) is 4.15. The second kappa shape index (κ2) is 7.61. The van der Waals surface area contributed by atoms with Crippen LogP contribution in [0.5, 0.6) is 0 Å². The number of aryl methyl sites for hydroxylation is 1. The summed E-state index contributed by atoms with van der Waals surface area (Å²) in [5.41, 5.74) is 0. The van der Waals surface area contributed by atoms with Crippen LogP contribution < -0.4 is 4.72 Å². The van der Waals surface area contributed by atoms with E-state index in [-0.39, 0.29) is 27.4 Å². The van der Waals surface area contributed by atoms with Crippen molar-refractivity contribution in [2.75, 3.05) is 6.54 Å². The van der Waals surface area contributed by atoms with Gasteiger partial charge in [-0.2, -0.15) is 4.98 Å². The fourth-order valence-electron chi connectivity index (χ4n) is 1.86. The predicted molar refractivity (Wildman–Crippen MR) is 88.4 cm³/mol. The minimum Gasteiger partial charge on any atom is -0.339 e. The van der Waals surface area contributed by atoms with Gasteiger partial charge in [-0.3, -0.25) is 0 Å². The fourth-order valence-corrected chi connectivity index (χ4v) is 4.08. The number of nitrogens with zero attached hydrogens (tertiary/aromatic N) is 2. The molecule has 0 saturated carbocycles. The maximum absolute atomic E-state index is 12.2. The number of hydrogen-bond acceptors (Lipinski definition) is 5. The van der Waals surface area contributed by atoms with Gasteiger partial charge >= 0.3 is 0 Å². The fraction of sp³-hybridized carbons (Fsp3) is 0.429. The summed E-state index contributed by atoms with van der Waals surface area (Å²) in [5, 5.41) is 4.03. The topological polar surface area (TPSA) is 85.1 Å². The molecule has 0 amide bonds. The number of halogens is 2. The van der Waals surface area contributed by atoms with E-state index in [2.05, 4.69) is 14.9 Å². The van der Waals surface area contributed by atoms with Crippen LogP contribution in [0, 0.1) is 0 Å². The van der Waals surface area contributed by atoms with Gasteiger partial charge in [0, 0.05) is 18.9 Å². The monoisotopic (exact) mass is 377 g/mol. The predicted octanol–water partition coefficient (Wildman–Crippen LogP) is 3.41. The lowest BCUT2D eigenvalue weighted by molar-refractivity contribution is 0.368. The van der Waals surface area contributed by atoms with Crippen LogP contribution in [-0.2, 0) is 16.4 Å². The first-order valence-corrected chi connectivity index (χ1v) is 9.31. The Kier molecular flexibility index (Phi) is 6.02. The van der Waals surface area contributed by atoms with Crippen LogP contribution in [0.2, 0.25) is 10.0 Å². The molecule has 23 heavy (non-hydrogen) atoms. The Morgan fingerprint density at radius 2 is 1.91 bits per heavy atom. The van der Waals surface area contributed by atoms with Crippen molar-refractivity contribution >= 4 is 33.2 Å². The zero-order valence-electron chi connectivity index (χ0n) is 12.7. The van der Waals surface area contributed by atoms with Crippen LogP contribution in [0.3, 0.4) is 0 Å². The first-order chi connectivity index (χ1) is 10.8. The quantitative estimate of drug-likeness (QED) is 0.747. The Bertz CT molecular complexity index is 755. The smallest absolute Gasteiger partial charge is 0.243 e. The van der Waals surface area contributed by atoms with Gasteiger partial charge in [0.1, 0.15) is 4.90 Å². The standard InChI is InChI=1S/C14H17Cl2N3O3S/c1-9(2)14-18-12(22-19-14)7-4-8-17-23(20,21)13-10(15)5-3-6-11(13)16/h3,5-6,9,17H,4,7-8H2,1-2H3. The lowest BCUT2D eigenvalue weighted by Gasteiger charge is -2.09. The Labute approximate surface area is 145 Å². The molecular weight excluding hydrogens is 361 g/mol. The molecule has 126 valence electrons. The third-order valence-electron chi connectivity index (χ3n) is 3.05. The molecule has 1 aromatic carbocycles. The molecule has 0 radical (unpaired) electrons. The van der Waals surface area contributed by atoms with Gasteiger partial charge in [0.25, 0.3) is 0 Å². The molecule has 1 aromatic heterocycles. The van der Waals surface area contributed by atoms with Gasteiger partial charge in [0.2, 0.25) is 15.9 Å². The van der Waals surface area contributed by atoms with E-state index < -0.39 is 10.0 Å². The number of hydrogen-bond donors (Lipinski definition) is 1. The van der Waals surface area contributed by atoms with E-state index in [4.69, 9.17) is 27.7 Å². The van der Waals surface area contributed by atoms with Crippen molar-refractivity contribution in [3.63, 3.8) is 0 Å². The average molecular weight is 378 g/mol.